The van der Waals surface area contributed by atoms with Gasteiger partial charge in [-0.25, -0.2) is 0 Å². The molecular formula is C18H36N6O. The minimum atomic E-state index is -0.134. The summed E-state index contributed by atoms with van der Waals surface area (Å²) < 4.78 is 5.31. The summed E-state index contributed by atoms with van der Waals surface area (Å²) in [6.45, 7) is 16.6. The summed E-state index contributed by atoms with van der Waals surface area (Å²) in [4.78, 5) is 11.1. The average molecular weight is 353 g/mol. The van der Waals surface area contributed by atoms with E-state index in [1.54, 1.807) is 7.05 Å². The highest BCUT2D eigenvalue weighted by molar-refractivity contribution is 5.79. The molecule has 0 fully saturated rings. The zero-order valence-electron chi connectivity index (χ0n) is 17.0. The van der Waals surface area contributed by atoms with Crippen molar-refractivity contribution >= 4 is 5.96 Å². The van der Waals surface area contributed by atoms with Crippen LogP contribution in [-0.2, 0) is 12.0 Å². The molecule has 0 saturated carbocycles. The Kier molecular flexibility index (Phi) is 8.89. The van der Waals surface area contributed by atoms with Crippen molar-refractivity contribution in [3.63, 3.8) is 0 Å². The van der Waals surface area contributed by atoms with Crippen molar-refractivity contribution in [1.82, 2.24) is 25.7 Å². The Bertz CT molecular complexity index is 516. The molecule has 7 nitrogen and oxygen atoms in total. The summed E-state index contributed by atoms with van der Waals surface area (Å²) >= 11 is 0. The molecular weight excluding hydrogens is 316 g/mol. The second-order valence-corrected chi connectivity index (χ2v) is 7.41. The van der Waals surface area contributed by atoms with Gasteiger partial charge in [0.1, 0.15) is 0 Å². The fourth-order valence-electron chi connectivity index (χ4n) is 2.45. The van der Waals surface area contributed by atoms with Crippen molar-refractivity contribution in [2.75, 3.05) is 26.7 Å². The lowest BCUT2D eigenvalue weighted by atomic mass is 9.97. The SMILES string of the molecule is CCN(CC)CCCC(C)NC(=NC)NCc1noc(C(C)(C)C)n1. The number of nitrogens with zero attached hydrogens (tertiary/aromatic N) is 4. The van der Waals surface area contributed by atoms with Gasteiger partial charge in [0, 0.05) is 18.5 Å². The van der Waals surface area contributed by atoms with E-state index in [0.717, 1.165) is 32.0 Å². The van der Waals surface area contributed by atoms with Crippen molar-refractivity contribution in [1.29, 1.82) is 0 Å². The van der Waals surface area contributed by atoms with Crippen LogP contribution in [0.15, 0.2) is 9.52 Å². The van der Waals surface area contributed by atoms with Crippen molar-refractivity contribution in [3.8, 4) is 0 Å². The van der Waals surface area contributed by atoms with Crippen LogP contribution in [0.1, 0.15) is 66.1 Å². The Morgan fingerprint density at radius 3 is 2.48 bits per heavy atom. The summed E-state index contributed by atoms with van der Waals surface area (Å²) in [7, 11) is 1.77. The summed E-state index contributed by atoms with van der Waals surface area (Å²) in [5, 5.41) is 10.7. The Labute approximate surface area is 152 Å². The van der Waals surface area contributed by atoms with E-state index in [1.165, 1.54) is 6.42 Å². The van der Waals surface area contributed by atoms with E-state index >= 15 is 0 Å². The van der Waals surface area contributed by atoms with Crippen LogP contribution in [0.3, 0.4) is 0 Å². The molecule has 1 rings (SSSR count). The van der Waals surface area contributed by atoms with Crippen LogP contribution in [0, 0.1) is 0 Å². The van der Waals surface area contributed by atoms with Gasteiger partial charge in [0.25, 0.3) is 0 Å². The Morgan fingerprint density at radius 1 is 1.28 bits per heavy atom. The molecule has 1 atom stereocenters. The number of hydrogen-bond donors (Lipinski definition) is 2. The molecule has 0 amide bonds. The van der Waals surface area contributed by atoms with Crippen molar-refractivity contribution < 1.29 is 4.52 Å². The monoisotopic (exact) mass is 352 g/mol. The lowest BCUT2D eigenvalue weighted by Gasteiger charge is -2.21. The van der Waals surface area contributed by atoms with Gasteiger partial charge in [-0.3, -0.25) is 4.99 Å². The Balaban J connectivity index is 2.38. The summed E-state index contributed by atoms with van der Waals surface area (Å²) in [5.74, 6) is 2.05. The van der Waals surface area contributed by atoms with Crippen molar-refractivity contribution in [3.05, 3.63) is 11.7 Å². The van der Waals surface area contributed by atoms with Crippen LogP contribution in [0.2, 0.25) is 0 Å². The highest BCUT2D eigenvalue weighted by Crippen LogP contribution is 2.19. The second kappa shape index (κ2) is 10.4. The molecule has 0 aliphatic carbocycles. The van der Waals surface area contributed by atoms with Crippen LogP contribution in [-0.4, -0.2) is 53.7 Å². The van der Waals surface area contributed by atoms with Crippen LogP contribution < -0.4 is 10.6 Å². The number of nitrogens with one attached hydrogen (secondary N) is 2. The van der Waals surface area contributed by atoms with Crippen LogP contribution in [0.5, 0.6) is 0 Å². The second-order valence-electron chi connectivity index (χ2n) is 7.41. The first kappa shape index (κ1) is 21.4. The summed E-state index contributed by atoms with van der Waals surface area (Å²) in [6.07, 6.45) is 2.28. The van der Waals surface area contributed by atoms with Gasteiger partial charge in [0.05, 0.1) is 6.54 Å². The average Bonchev–Trinajstić information content (AvgIpc) is 3.04. The first-order chi connectivity index (χ1) is 11.8. The Morgan fingerprint density at radius 2 is 1.96 bits per heavy atom. The number of aliphatic imine (C=N–C) groups is 1. The van der Waals surface area contributed by atoms with Crippen LogP contribution in [0.4, 0.5) is 0 Å². The molecule has 0 spiro atoms. The fraction of sp³-hybridized carbons (Fsp3) is 0.833. The molecule has 1 aromatic rings. The van der Waals surface area contributed by atoms with Gasteiger partial charge in [-0.2, -0.15) is 4.98 Å². The number of guanidine groups is 1. The van der Waals surface area contributed by atoms with E-state index in [4.69, 9.17) is 4.52 Å². The molecule has 1 heterocycles. The smallest absolute Gasteiger partial charge is 0.232 e. The fourth-order valence-corrected chi connectivity index (χ4v) is 2.45. The maximum atomic E-state index is 5.31. The van der Waals surface area contributed by atoms with Gasteiger partial charge in [-0.1, -0.05) is 39.8 Å². The first-order valence-corrected chi connectivity index (χ1v) is 9.32. The third-order valence-corrected chi connectivity index (χ3v) is 4.14. The van der Waals surface area contributed by atoms with E-state index < -0.39 is 0 Å². The maximum Gasteiger partial charge on any atom is 0.232 e. The summed E-state index contributed by atoms with van der Waals surface area (Å²) in [6, 6.07) is 0.358. The van der Waals surface area contributed by atoms with Crippen molar-refractivity contribution in [2.45, 2.75) is 72.4 Å². The van der Waals surface area contributed by atoms with Gasteiger partial charge in [-0.05, 0) is 39.4 Å². The lowest BCUT2D eigenvalue weighted by molar-refractivity contribution is 0.292. The third kappa shape index (κ3) is 7.86. The number of rotatable bonds is 9. The largest absolute Gasteiger partial charge is 0.354 e. The molecule has 0 aliphatic rings. The number of aromatic nitrogens is 2. The van der Waals surface area contributed by atoms with E-state index in [1.807, 2.05) is 0 Å². The molecule has 1 aromatic heterocycles. The van der Waals surface area contributed by atoms with Crippen LogP contribution in [0.25, 0.3) is 0 Å². The minimum Gasteiger partial charge on any atom is -0.354 e. The molecule has 0 aliphatic heterocycles. The molecule has 0 aromatic carbocycles. The van der Waals surface area contributed by atoms with Gasteiger partial charge < -0.3 is 20.1 Å². The zero-order chi connectivity index (χ0) is 18.9. The van der Waals surface area contributed by atoms with E-state index in [-0.39, 0.29) is 5.41 Å². The summed E-state index contributed by atoms with van der Waals surface area (Å²) in [5.41, 5.74) is -0.134. The minimum absolute atomic E-state index is 0.134. The van der Waals surface area contributed by atoms with E-state index in [9.17, 15) is 0 Å². The lowest BCUT2D eigenvalue weighted by Crippen LogP contribution is -2.42. The predicted octanol–water partition coefficient (Wildman–Crippen LogP) is 2.54. The van der Waals surface area contributed by atoms with Gasteiger partial charge in [0.2, 0.25) is 5.89 Å². The maximum absolute atomic E-state index is 5.31. The predicted molar refractivity (Wildman–Crippen MR) is 103 cm³/mol. The van der Waals surface area contributed by atoms with E-state index in [0.29, 0.717) is 24.3 Å². The molecule has 2 N–H and O–H groups in total. The Hall–Kier alpha value is -1.63. The van der Waals surface area contributed by atoms with Gasteiger partial charge in [0.15, 0.2) is 11.8 Å². The third-order valence-electron chi connectivity index (χ3n) is 4.14. The molecule has 25 heavy (non-hydrogen) atoms. The quantitative estimate of drug-likeness (QED) is 0.525. The highest BCUT2D eigenvalue weighted by atomic mass is 16.5. The normalized spacial score (nSPS) is 14.0. The van der Waals surface area contributed by atoms with Gasteiger partial charge in [-0.15, -0.1) is 0 Å². The van der Waals surface area contributed by atoms with Crippen LogP contribution >= 0.6 is 0 Å². The zero-order valence-corrected chi connectivity index (χ0v) is 17.0. The first-order valence-electron chi connectivity index (χ1n) is 9.32. The molecule has 7 heteroatoms. The number of hydrogen-bond acceptors (Lipinski definition) is 5. The molecule has 0 saturated heterocycles. The molecule has 1 unspecified atom stereocenters. The standard InChI is InChI=1S/C18H36N6O/c1-8-24(9-2)12-10-11-14(3)21-17(19-7)20-13-15-22-16(25-23-15)18(4,5)6/h14H,8-13H2,1-7H3,(H2,19,20,21). The van der Waals surface area contributed by atoms with Gasteiger partial charge >= 0.3 is 0 Å². The molecule has 0 bridgehead atoms. The molecule has 0 radical (unpaired) electrons. The van der Waals surface area contributed by atoms with E-state index in [2.05, 4.69) is 72.2 Å². The topological polar surface area (TPSA) is 78.6 Å². The van der Waals surface area contributed by atoms with Crippen molar-refractivity contribution in [2.24, 2.45) is 4.99 Å². The highest BCUT2D eigenvalue weighted by Gasteiger charge is 2.21. The molecule has 144 valence electrons.